The van der Waals surface area contributed by atoms with Gasteiger partial charge >= 0.3 is 0 Å². The lowest BCUT2D eigenvalue weighted by Crippen LogP contribution is -2.51. The van der Waals surface area contributed by atoms with Crippen molar-refractivity contribution in [3.05, 3.63) is 57.9 Å². The predicted octanol–water partition coefficient (Wildman–Crippen LogP) is 4.71. The minimum atomic E-state index is -0.308. The number of halogens is 1. The highest BCUT2D eigenvalue weighted by Gasteiger charge is 2.34. The van der Waals surface area contributed by atoms with Crippen molar-refractivity contribution in [1.29, 1.82) is 0 Å². The Kier molecular flexibility index (Phi) is 6.27. The second-order valence-electron chi connectivity index (χ2n) is 8.07. The van der Waals surface area contributed by atoms with Gasteiger partial charge < -0.3 is 10.2 Å². The van der Waals surface area contributed by atoms with Crippen molar-refractivity contribution < 1.29 is 9.18 Å². The molecule has 0 aliphatic carbocycles. The molecule has 2 atom stereocenters. The fourth-order valence-corrected chi connectivity index (χ4v) is 4.90. The van der Waals surface area contributed by atoms with Crippen molar-refractivity contribution in [2.45, 2.75) is 39.7 Å². The molecule has 1 amide bonds. The zero-order chi connectivity index (χ0) is 22.0. The highest BCUT2D eigenvalue weighted by molar-refractivity contribution is 7.14. The van der Waals surface area contributed by atoms with Gasteiger partial charge in [0.05, 0.1) is 16.7 Å². The van der Waals surface area contributed by atoms with Crippen LogP contribution >= 0.6 is 11.3 Å². The maximum Gasteiger partial charge on any atom is 0.266 e. The number of hydrogen-bond donors (Lipinski definition) is 1. The van der Waals surface area contributed by atoms with E-state index in [2.05, 4.69) is 27.2 Å². The van der Waals surface area contributed by atoms with Crippen LogP contribution in [-0.4, -0.2) is 44.9 Å². The maximum atomic E-state index is 13.6. The van der Waals surface area contributed by atoms with Gasteiger partial charge in [-0.15, -0.1) is 11.3 Å². The van der Waals surface area contributed by atoms with Crippen molar-refractivity contribution in [2.75, 3.05) is 18.4 Å². The van der Waals surface area contributed by atoms with Crippen molar-refractivity contribution in [2.24, 2.45) is 5.92 Å². The molecular formula is C23H26FN5OS. The predicted molar refractivity (Wildman–Crippen MR) is 121 cm³/mol. The molecule has 0 unspecified atom stereocenters. The number of piperidine rings is 1. The SMILES string of the molecule is Cc1cnc(NC[C@@H]2[C@H](C)CCCN2C(=O)c2sc(C)nc2-c2ccc(F)cc2)nc1. The summed E-state index contributed by atoms with van der Waals surface area (Å²) >= 11 is 1.39. The first-order chi connectivity index (χ1) is 14.9. The number of rotatable bonds is 5. The first-order valence-electron chi connectivity index (χ1n) is 10.5. The Morgan fingerprint density at radius 3 is 2.65 bits per heavy atom. The van der Waals surface area contributed by atoms with Gasteiger partial charge in [0.2, 0.25) is 5.95 Å². The highest BCUT2D eigenvalue weighted by Crippen LogP contribution is 2.32. The number of anilines is 1. The molecule has 3 heterocycles. The molecule has 1 aliphatic rings. The third-order valence-electron chi connectivity index (χ3n) is 5.67. The highest BCUT2D eigenvalue weighted by atomic mass is 32.1. The van der Waals surface area contributed by atoms with Crippen molar-refractivity contribution in [1.82, 2.24) is 19.9 Å². The average Bonchev–Trinajstić information content (AvgIpc) is 3.15. The molecule has 0 radical (unpaired) electrons. The van der Waals surface area contributed by atoms with Gasteiger partial charge in [-0.1, -0.05) is 6.92 Å². The zero-order valence-corrected chi connectivity index (χ0v) is 18.7. The fourth-order valence-electron chi connectivity index (χ4n) is 4.00. The molecule has 3 aromatic rings. The smallest absolute Gasteiger partial charge is 0.266 e. The zero-order valence-electron chi connectivity index (χ0n) is 17.9. The first-order valence-corrected chi connectivity index (χ1v) is 11.3. The quantitative estimate of drug-likeness (QED) is 0.623. The average molecular weight is 440 g/mol. The van der Waals surface area contributed by atoms with Gasteiger partial charge in [0.25, 0.3) is 5.91 Å². The minimum Gasteiger partial charge on any atom is -0.352 e. The van der Waals surface area contributed by atoms with Crippen molar-refractivity contribution in [3.8, 4) is 11.3 Å². The minimum absolute atomic E-state index is 0.0203. The summed E-state index contributed by atoms with van der Waals surface area (Å²) in [6.45, 7) is 7.30. The molecule has 31 heavy (non-hydrogen) atoms. The number of nitrogens with one attached hydrogen (secondary N) is 1. The van der Waals surface area contributed by atoms with E-state index in [4.69, 9.17) is 0 Å². The second-order valence-corrected chi connectivity index (χ2v) is 9.27. The largest absolute Gasteiger partial charge is 0.352 e. The normalized spacial score (nSPS) is 18.8. The van der Waals surface area contributed by atoms with Gasteiger partial charge in [-0.05, 0) is 62.4 Å². The standard InChI is InChI=1S/C23H26FN5OS/c1-14-11-25-23(26-12-14)27-13-19-15(2)5-4-10-29(19)22(30)21-20(28-16(3)31-21)17-6-8-18(24)9-7-17/h6-9,11-12,15,19H,4-5,10,13H2,1-3H3,(H,25,26,27)/t15-,19-/m1/s1. The van der Waals surface area contributed by atoms with Crippen LogP contribution in [0, 0.1) is 25.6 Å². The van der Waals surface area contributed by atoms with Crippen LogP contribution in [0.1, 0.15) is 40.0 Å². The summed E-state index contributed by atoms with van der Waals surface area (Å²) in [6.07, 6.45) is 5.58. The first kappa shape index (κ1) is 21.4. The van der Waals surface area contributed by atoms with Crippen LogP contribution < -0.4 is 5.32 Å². The van der Waals surface area contributed by atoms with E-state index in [9.17, 15) is 9.18 Å². The van der Waals surface area contributed by atoms with Crippen molar-refractivity contribution >= 4 is 23.2 Å². The Morgan fingerprint density at radius 1 is 1.23 bits per heavy atom. The summed E-state index contributed by atoms with van der Waals surface area (Å²) in [7, 11) is 0. The van der Waals surface area contributed by atoms with E-state index < -0.39 is 0 Å². The molecule has 1 aliphatic heterocycles. The molecule has 1 saturated heterocycles. The molecule has 8 heteroatoms. The summed E-state index contributed by atoms with van der Waals surface area (Å²) in [5.41, 5.74) is 2.38. The second kappa shape index (κ2) is 9.09. The van der Waals surface area contributed by atoms with Gasteiger partial charge in [-0.3, -0.25) is 4.79 Å². The van der Waals surface area contributed by atoms with Gasteiger partial charge in [0, 0.05) is 31.0 Å². The molecule has 0 saturated carbocycles. The van der Waals surface area contributed by atoms with Crippen LogP contribution in [0.5, 0.6) is 0 Å². The molecule has 0 spiro atoms. The maximum absolute atomic E-state index is 13.6. The Labute approximate surface area is 185 Å². The van der Waals surface area contributed by atoms with E-state index in [0.29, 0.717) is 35.5 Å². The molecule has 4 rings (SSSR count). The summed E-state index contributed by atoms with van der Waals surface area (Å²) < 4.78 is 13.4. The van der Waals surface area contributed by atoms with E-state index in [1.165, 1.54) is 23.5 Å². The van der Waals surface area contributed by atoms with E-state index in [-0.39, 0.29) is 17.8 Å². The third kappa shape index (κ3) is 4.74. The summed E-state index contributed by atoms with van der Waals surface area (Å²) in [5.74, 6) is 0.585. The van der Waals surface area contributed by atoms with Crippen LogP contribution in [0.15, 0.2) is 36.7 Å². The molecule has 0 bridgehead atoms. The summed E-state index contributed by atoms with van der Waals surface area (Å²) in [4.78, 5) is 29.4. The monoisotopic (exact) mass is 439 g/mol. The molecule has 1 fully saturated rings. The number of amides is 1. The van der Waals surface area contributed by atoms with E-state index in [1.807, 2.05) is 18.7 Å². The lowest BCUT2D eigenvalue weighted by molar-refractivity contribution is 0.0545. The third-order valence-corrected chi connectivity index (χ3v) is 6.63. The van der Waals surface area contributed by atoms with E-state index >= 15 is 0 Å². The number of aromatic nitrogens is 3. The van der Waals surface area contributed by atoms with Gasteiger partial charge in [-0.2, -0.15) is 0 Å². The molecule has 1 N–H and O–H groups in total. The Bertz CT molecular complexity index is 1050. The van der Waals surface area contributed by atoms with Crippen LogP contribution in [0.2, 0.25) is 0 Å². The van der Waals surface area contributed by atoms with E-state index in [0.717, 1.165) is 29.0 Å². The fraction of sp³-hybridized carbons (Fsp3) is 0.391. The van der Waals surface area contributed by atoms with Crippen LogP contribution in [0.3, 0.4) is 0 Å². The van der Waals surface area contributed by atoms with Crippen LogP contribution in [0.4, 0.5) is 10.3 Å². The Balaban J connectivity index is 1.58. The van der Waals surface area contributed by atoms with Gasteiger partial charge in [0.15, 0.2) is 0 Å². The Morgan fingerprint density at radius 2 is 1.94 bits per heavy atom. The number of carbonyl (C=O) groups is 1. The molecule has 162 valence electrons. The summed E-state index contributed by atoms with van der Waals surface area (Å²) in [5, 5.41) is 4.11. The van der Waals surface area contributed by atoms with E-state index in [1.54, 1.807) is 24.5 Å². The number of hydrogen-bond acceptors (Lipinski definition) is 6. The molecule has 1 aromatic carbocycles. The Hall–Kier alpha value is -2.87. The number of likely N-dealkylation sites (tertiary alicyclic amines) is 1. The van der Waals surface area contributed by atoms with Gasteiger partial charge in [-0.25, -0.2) is 19.3 Å². The number of aryl methyl sites for hydroxylation is 2. The summed E-state index contributed by atoms with van der Waals surface area (Å²) in [6, 6.07) is 6.17. The van der Waals surface area contributed by atoms with Crippen LogP contribution in [-0.2, 0) is 0 Å². The molecule has 2 aromatic heterocycles. The van der Waals surface area contributed by atoms with Gasteiger partial charge in [0.1, 0.15) is 10.7 Å². The van der Waals surface area contributed by atoms with Crippen LogP contribution in [0.25, 0.3) is 11.3 Å². The molecular weight excluding hydrogens is 413 g/mol. The molecule has 6 nitrogen and oxygen atoms in total. The lowest BCUT2D eigenvalue weighted by Gasteiger charge is -2.40. The number of carbonyl (C=O) groups excluding carboxylic acids is 1. The number of benzene rings is 1. The van der Waals surface area contributed by atoms with Crippen molar-refractivity contribution in [3.63, 3.8) is 0 Å². The number of thiazole rings is 1. The topological polar surface area (TPSA) is 71.0 Å². The number of nitrogens with zero attached hydrogens (tertiary/aromatic N) is 4. The lowest BCUT2D eigenvalue weighted by atomic mass is 9.90.